The summed E-state index contributed by atoms with van der Waals surface area (Å²) in [5, 5.41) is 10.7. The molecule has 0 atom stereocenters. The topological polar surface area (TPSA) is 86.7 Å². The van der Waals surface area contributed by atoms with E-state index < -0.39 is 18.4 Å². The van der Waals surface area contributed by atoms with E-state index in [9.17, 15) is 14.4 Å². The number of anilines is 1. The molecule has 0 aromatic heterocycles. The van der Waals surface area contributed by atoms with Gasteiger partial charge in [-0.15, -0.1) is 0 Å². The van der Waals surface area contributed by atoms with E-state index in [2.05, 4.69) is 21.2 Å². The largest absolute Gasteiger partial charge is 0.480 e. The Kier molecular flexibility index (Phi) is 3.84. The smallest absolute Gasteiger partial charge is 0.322 e. The number of halogens is 1. The van der Waals surface area contributed by atoms with Crippen molar-refractivity contribution in [3.05, 3.63) is 28.2 Å². The van der Waals surface area contributed by atoms with Gasteiger partial charge in [-0.05, 0) is 23.8 Å². The van der Waals surface area contributed by atoms with E-state index in [1.54, 1.807) is 12.1 Å². The molecule has 0 unspecified atom stereocenters. The van der Waals surface area contributed by atoms with E-state index in [-0.39, 0.29) is 18.9 Å². The van der Waals surface area contributed by atoms with Crippen LogP contribution in [-0.4, -0.2) is 36.0 Å². The van der Waals surface area contributed by atoms with Gasteiger partial charge in [0.05, 0.1) is 6.42 Å². The molecule has 0 aliphatic carbocycles. The average Bonchev–Trinajstić information content (AvgIpc) is 2.62. The molecule has 1 aliphatic heterocycles. The first-order valence-electron chi connectivity index (χ1n) is 5.54. The number of carboxylic acid groups (broad SMARTS) is 1. The van der Waals surface area contributed by atoms with Gasteiger partial charge in [0.2, 0.25) is 11.8 Å². The second-order valence-electron chi connectivity index (χ2n) is 4.10. The molecule has 2 amide bonds. The van der Waals surface area contributed by atoms with E-state index in [4.69, 9.17) is 5.11 Å². The highest BCUT2D eigenvalue weighted by atomic mass is 79.9. The summed E-state index contributed by atoms with van der Waals surface area (Å²) in [5.41, 5.74) is 1.55. The Balaban J connectivity index is 2.08. The van der Waals surface area contributed by atoms with Crippen molar-refractivity contribution in [2.24, 2.45) is 0 Å². The normalized spacial score (nSPS) is 13.3. The Morgan fingerprint density at radius 1 is 1.42 bits per heavy atom. The Hall–Kier alpha value is -1.89. The molecule has 100 valence electrons. The van der Waals surface area contributed by atoms with Crippen LogP contribution in [0.15, 0.2) is 22.7 Å². The van der Waals surface area contributed by atoms with Gasteiger partial charge in [0.25, 0.3) is 0 Å². The van der Waals surface area contributed by atoms with Crippen LogP contribution in [-0.2, 0) is 20.8 Å². The lowest BCUT2D eigenvalue weighted by Crippen LogP contribution is -2.40. The summed E-state index contributed by atoms with van der Waals surface area (Å²) >= 11 is 3.32. The number of rotatable bonds is 4. The van der Waals surface area contributed by atoms with Gasteiger partial charge in [-0.2, -0.15) is 0 Å². The van der Waals surface area contributed by atoms with Crippen molar-refractivity contribution in [1.82, 2.24) is 5.32 Å². The maximum Gasteiger partial charge on any atom is 0.322 e. The third-order valence-electron chi connectivity index (χ3n) is 2.71. The number of benzene rings is 1. The minimum absolute atomic E-state index is 0.166. The van der Waals surface area contributed by atoms with Crippen LogP contribution in [0.5, 0.6) is 0 Å². The predicted molar refractivity (Wildman–Crippen MR) is 70.8 cm³/mol. The van der Waals surface area contributed by atoms with Gasteiger partial charge in [-0.3, -0.25) is 14.4 Å². The van der Waals surface area contributed by atoms with Crippen molar-refractivity contribution in [1.29, 1.82) is 0 Å². The van der Waals surface area contributed by atoms with Crippen LogP contribution < -0.4 is 10.2 Å². The third kappa shape index (κ3) is 3.11. The lowest BCUT2D eigenvalue weighted by atomic mass is 10.2. The molecule has 1 aromatic rings. The summed E-state index contributed by atoms with van der Waals surface area (Å²) in [7, 11) is 0. The second kappa shape index (κ2) is 5.40. The Labute approximate surface area is 117 Å². The molecule has 0 bridgehead atoms. The molecular weight excluding hydrogens is 316 g/mol. The standard InChI is InChI=1S/C12H11BrN2O4/c13-8-1-2-9-7(3-8)4-11(17)15(9)6-10(16)14-5-12(18)19/h1-3H,4-6H2,(H,14,16)(H,18,19). The highest BCUT2D eigenvalue weighted by Crippen LogP contribution is 2.30. The first-order chi connectivity index (χ1) is 8.97. The molecule has 1 aliphatic rings. The van der Waals surface area contributed by atoms with E-state index in [1.807, 2.05) is 6.07 Å². The zero-order valence-electron chi connectivity index (χ0n) is 9.85. The molecule has 19 heavy (non-hydrogen) atoms. The molecular formula is C12H11BrN2O4. The van der Waals surface area contributed by atoms with Gasteiger partial charge in [0.1, 0.15) is 13.1 Å². The first-order valence-corrected chi connectivity index (χ1v) is 6.34. The van der Waals surface area contributed by atoms with Crippen LogP contribution in [0.3, 0.4) is 0 Å². The average molecular weight is 327 g/mol. The molecule has 7 heteroatoms. The number of hydrogen-bond donors (Lipinski definition) is 2. The number of hydrogen-bond acceptors (Lipinski definition) is 3. The monoisotopic (exact) mass is 326 g/mol. The highest BCUT2D eigenvalue weighted by Gasteiger charge is 2.28. The Morgan fingerprint density at radius 2 is 2.16 bits per heavy atom. The van der Waals surface area contributed by atoms with Crippen molar-refractivity contribution in [3.8, 4) is 0 Å². The Morgan fingerprint density at radius 3 is 2.84 bits per heavy atom. The summed E-state index contributed by atoms with van der Waals surface area (Å²) in [6, 6.07) is 5.39. The van der Waals surface area contributed by atoms with E-state index in [0.29, 0.717) is 5.69 Å². The number of nitrogens with zero attached hydrogens (tertiary/aromatic N) is 1. The summed E-state index contributed by atoms with van der Waals surface area (Å²) in [4.78, 5) is 35.1. The number of carbonyl (C=O) groups excluding carboxylic acids is 2. The van der Waals surface area contributed by atoms with Crippen molar-refractivity contribution in [2.75, 3.05) is 18.0 Å². The van der Waals surface area contributed by atoms with E-state index >= 15 is 0 Å². The predicted octanol–water partition coefficient (Wildman–Crippen LogP) is 0.539. The molecule has 0 fully saturated rings. The molecule has 0 saturated carbocycles. The molecule has 0 radical (unpaired) electrons. The molecule has 0 spiro atoms. The van der Waals surface area contributed by atoms with Crippen LogP contribution >= 0.6 is 15.9 Å². The fraction of sp³-hybridized carbons (Fsp3) is 0.250. The molecule has 0 saturated heterocycles. The fourth-order valence-electron chi connectivity index (χ4n) is 1.90. The summed E-state index contributed by atoms with van der Waals surface area (Å²) < 4.78 is 0.872. The Bertz CT molecular complexity index is 559. The highest BCUT2D eigenvalue weighted by molar-refractivity contribution is 9.10. The lowest BCUT2D eigenvalue weighted by Gasteiger charge is -2.16. The summed E-state index contributed by atoms with van der Waals surface area (Å²) in [6.07, 6.45) is 0.251. The number of amides is 2. The maximum absolute atomic E-state index is 11.8. The fourth-order valence-corrected chi connectivity index (χ4v) is 2.31. The number of fused-ring (bicyclic) bond motifs is 1. The first kappa shape index (κ1) is 13.5. The summed E-state index contributed by atoms with van der Waals surface area (Å²) in [6.45, 7) is -0.616. The minimum atomic E-state index is -1.12. The van der Waals surface area contributed by atoms with Gasteiger partial charge >= 0.3 is 5.97 Å². The van der Waals surface area contributed by atoms with Crippen LogP contribution in [0.2, 0.25) is 0 Å². The number of nitrogens with one attached hydrogen (secondary N) is 1. The van der Waals surface area contributed by atoms with Crippen molar-refractivity contribution >= 4 is 39.4 Å². The molecule has 6 nitrogen and oxygen atoms in total. The molecule has 2 N–H and O–H groups in total. The molecule has 1 heterocycles. The summed E-state index contributed by atoms with van der Waals surface area (Å²) in [5.74, 6) is -1.78. The lowest BCUT2D eigenvalue weighted by molar-refractivity contribution is -0.137. The second-order valence-corrected chi connectivity index (χ2v) is 5.02. The zero-order chi connectivity index (χ0) is 14.0. The van der Waals surface area contributed by atoms with Crippen molar-refractivity contribution < 1.29 is 19.5 Å². The van der Waals surface area contributed by atoms with E-state index in [1.165, 1.54) is 4.90 Å². The van der Waals surface area contributed by atoms with Gasteiger partial charge < -0.3 is 15.3 Å². The van der Waals surface area contributed by atoms with Gasteiger partial charge in [-0.1, -0.05) is 15.9 Å². The SMILES string of the molecule is O=C(O)CNC(=O)CN1C(=O)Cc2cc(Br)ccc21. The van der Waals surface area contributed by atoms with Crippen molar-refractivity contribution in [2.45, 2.75) is 6.42 Å². The zero-order valence-corrected chi connectivity index (χ0v) is 11.4. The van der Waals surface area contributed by atoms with Crippen LogP contribution in [0.4, 0.5) is 5.69 Å². The van der Waals surface area contributed by atoms with Gasteiger partial charge in [0, 0.05) is 10.2 Å². The molecule has 2 rings (SSSR count). The number of carboxylic acids is 1. The quantitative estimate of drug-likeness (QED) is 0.845. The maximum atomic E-state index is 11.8. The minimum Gasteiger partial charge on any atom is -0.480 e. The number of aliphatic carboxylic acids is 1. The van der Waals surface area contributed by atoms with Gasteiger partial charge in [0.15, 0.2) is 0 Å². The van der Waals surface area contributed by atoms with E-state index in [0.717, 1.165) is 10.0 Å². The number of carbonyl (C=O) groups is 3. The molecule has 1 aromatic carbocycles. The van der Waals surface area contributed by atoms with Crippen LogP contribution in [0.25, 0.3) is 0 Å². The van der Waals surface area contributed by atoms with Gasteiger partial charge in [-0.25, -0.2) is 0 Å². The van der Waals surface area contributed by atoms with Crippen LogP contribution in [0, 0.1) is 0 Å². The van der Waals surface area contributed by atoms with Crippen LogP contribution in [0.1, 0.15) is 5.56 Å². The third-order valence-corrected chi connectivity index (χ3v) is 3.21. The van der Waals surface area contributed by atoms with Crippen molar-refractivity contribution in [3.63, 3.8) is 0 Å².